The standard InChI is InChI=1S/C16H22BClO3/c1-12-11-13(7-8-14(12)19-10-6-9-18)17-20-15(2,3)16(4,5)21-17/h6-9,11H,10H2,1-5H3/b9-6+. The molecule has 0 aliphatic carbocycles. The van der Waals surface area contributed by atoms with E-state index in [2.05, 4.69) is 27.7 Å². The van der Waals surface area contributed by atoms with Gasteiger partial charge in [0, 0.05) is 5.54 Å². The van der Waals surface area contributed by atoms with Crippen LogP contribution >= 0.6 is 11.6 Å². The summed E-state index contributed by atoms with van der Waals surface area (Å²) in [5, 5.41) is 0. The highest BCUT2D eigenvalue weighted by Crippen LogP contribution is 2.36. The Kier molecular flexibility index (Phi) is 4.71. The first-order chi connectivity index (χ1) is 9.77. The SMILES string of the molecule is Cc1cc(B2OC(C)(C)C(C)(C)O2)ccc1OC/C=C/Cl. The highest BCUT2D eigenvalue weighted by Gasteiger charge is 2.51. The first-order valence-electron chi connectivity index (χ1n) is 7.11. The summed E-state index contributed by atoms with van der Waals surface area (Å²) >= 11 is 5.48. The first-order valence-corrected chi connectivity index (χ1v) is 7.55. The van der Waals surface area contributed by atoms with Crippen LogP contribution in [0.15, 0.2) is 29.8 Å². The number of hydrogen-bond donors (Lipinski definition) is 0. The van der Waals surface area contributed by atoms with Gasteiger partial charge in [0.1, 0.15) is 12.4 Å². The third-order valence-corrected chi connectivity index (χ3v) is 4.33. The fourth-order valence-electron chi connectivity index (χ4n) is 2.13. The molecule has 3 nitrogen and oxygen atoms in total. The van der Waals surface area contributed by atoms with Crippen LogP contribution in [0, 0.1) is 6.92 Å². The van der Waals surface area contributed by atoms with E-state index in [4.69, 9.17) is 25.6 Å². The topological polar surface area (TPSA) is 27.7 Å². The van der Waals surface area contributed by atoms with Crippen molar-refractivity contribution in [1.29, 1.82) is 0 Å². The zero-order valence-corrected chi connectivity index (χ0v) is 14.0. The quantitative estimate of drug-likeness (QED) is 0.798. The van der Waals surface area contributed by atoms with E-state index in [1.54, 1.807) is 6.08 Å². The molecule has 21 heavy (non-hydrogen) atoms. The van der Waals surface area contributed by atoms with Gasteiger partial charge in [0.25, 0.3) is 0 Å². The average Bonchev–Trinajstić information content (AvgIpc) is 2.60. The predicted octanol–water partition coefficient (Wildman–Crippen LogP) is 3.43. The zero-order valence-electron chi connectivity index (χ0n) is 13.3. The second-order valence-electron chi connectivity index (χ2n) is 6.29. The number of hydrogen-bond acceptors (Lipinski definition) is 3. The lowest BCUT2D eigenvalue weighted by Gasteiger charge is -2.32. The third kappa shape index (κ3) is 3.45. The number of rotatable bonds is 4. The second-order valence-corrected chi connectivity index (χ2v) is 6.54. The van der Waals surface area contributed by atoms with Crippen molar-refractivity contribution in [3.63, 3.8) is 0 Å². The van der Waals surface area contributed by atoms with E-state index in [1.807, 2.05) is 25.1 Å². The molecule has 0 aromatic heterocycles. The molecule has 1 aromatic carbocycles. The van der Waals surface area contributed by atoms with Gasteiger partial charge in [0.05, 0.1) is 11.2 Å². The van der Waals surface area contributed by atoms with E-state index in [1.165, 1.54) is 5.54 Å². The molecular formula is C16H22BClO3. The molecule has 1 fully saturated rings. The fraction of sp³-hybridized carbons (Fsp3) is 0.500. The Bertz CT molecular complexity index is 524. The minimum atomic E-state index is -0.342. The predicted molar refractivity (Wildman–Crippen MR) is 87.4 cm³/mol. The minimum absolute atomic E-state index is 0.327. The highest BCUT2D eigenvalue weighted by molar-refractivity contribution is 6.62. The van der Waals surface area contributed by atoms with Crippen molar-refractivity contribution in [2.45, 2.75) is 45.8 Å². The van der Waals surface area contributed by atoms with Crippen molar-refractivity contribution in [3.05, 3.63) is 35.4 Å². The van der Waals surface area contributed by atoms with Gasteiger partial charge in [-0.3, -0.25) is 0 Å². The van der Waals surface area contributed by atoms with Crippen LogP contribution in [-0.4, -0.2) is 24.9 Å². The zero-order chi connectivity index (χ0) is 15.7. The van der Waals surface area contributed by atoms with Crippen molar-refractivity contribution in [3.8, 4) is 5.75 Å². The molecule has 114 valence electrons. The van der Waals surface area contributed by atoms with Gasteiger partial charge < -0.3 is 14.0 Å². The molecule has 1 aromatic rings. The molecule has 2 rings (SSSR count). The Balaban J connectivity index is 2.14. The fourth-order valence-corrected chi connectivity index (χ4v) is 2.21. The third-order valence-electron chi connectivity index (χ3n) is 4.15. The summed E-state index contributed by atoms with van der Waals surface area (Å²) in [5.41, 5.74) is 2.85. The lowest BCUT2D eigenvalue weighted by Crippen LogP contribution is -2.41. The summed E-state index contributed by atoms with van der Waals surface area (Å²) in [6, 6.07) is 5.97. The van der Waals surface area contributed by atoms with E-state index < -0.39 is 0 Å². The van der Waals surface area contributed by atoms with Gasteiger partial charge in [-0.2, -0.15) is 0 Å². The van der Waals surface area contributed by atoms with Crippen LogP contribution in [0.4, 0.5) is 0 Å². The number of halogens is 1. The first kappa shape index (κ1) is 16.4. The normalized spacial score (nSPS) is 20.2. The van der Waals surface area contributed by atoms with E-state index in [0.29, 0.717) is 6.61 Å². The molecule has 0 unspecified atom stereocenters. The van der Waals surface area contributed by atoms with Crippen molar-refractivity contribution in [2.24, 2.45) is 0 Å². The molecule has 0 radical (unpaired) electrons. The lowest BCUT2D eigenvalue weighted by atomic mass is 9.78. The summed E-state index contributed by atoms with van der Waals surface area (Å²) in [4.78, 5) is 0. The van der Waals surface area contributed by atoms with Crippen LogP contribution in [0.3, 0.4) is 0 Å². The van der Waals surface area contributed by atoms with Crippen LogP contribution in [-0.2, 0) is 9.31 Å². The summed E-state index contributed by atoms with van der Waals surface area (Å²) < 4.78 is 17.7. The molecule has 0 atom stereocenters. The van der Waals surface area contributed by atoms with E-state index >= 15 is 0 Å². The highest BCUT2D eigenvalue weighted by atomic mass is 35.5. The van der Waals surface area contributed by atoms with E-state index in [-0.39, 0.29) is 18.3 Å². The molecule has 0 bridgehead atoms. The molecular weight excluding hydrogens is 286 g/mol. The van der Waals surface area contributed by atoms with Crippen molar-refractivity contribution < 1.29 is 14.0 Å². The molecule has 1 aliphatic heterocycles. The summed E-state index contributed by atoms with van der Waals surface area (Å²) in [5.74, 6) is 0.838. The maximum Gasteiger partial charge on any atom is 0.494 e. The molecule has 0 saturated carbocycles. The Morgan fingerprint density at radius 3 is 2.33 bits per heavy atom. The monoisotopic (exact) mass is 308 g/mol. The molecule has 0 N–H and O–H groups in total. The van der Waals surface area contributed by atoms with Gasteiger partial charge in [-0.1, -0.05) is 23.7 Å². The smallest absolute Gasteiger partial charge is 0.489 e. The van der Waals surface area contributed by atoms with Crippen molar-refractivity contribution in [2.75, 3.05) is 6.61 Å². The molecule has 1 heterocycles. The summed E-state index contributed by atoms with van der Waals surface area (Å²) in [6.07, 6.45) is 1.75. The summed E-state index contributed by atoms with van der Waals surface area (Å²) in [7, 11) is -0.342. The van der Waals surface area contributed by atoms with E-state index in [9.17, 15) is 0 Å². The van der Waals surface area contributed by atoms with Gasteiger partial charge in [-0.05, 0) is 57.8 Å². The van der Waals surface area contributed by atoms with Gasteiger partial charge >= 0.3 is 7.12 Å². The van der Waals surface area contributed by atoms with Gasteiger partial charge in [0.15, 0.2) is 0 Å². The average molecular weight is 309 g/mol. The molecule has 5 heteroatoms. The number of aryl methyl sites for hydroxylation is 1. The molecule has 0 spiro atoms. The van der Waals surface area contributed by atoms with Crippen LogP contribution in [0.2, 0.25) is 0 Å². The lowest BCUT2D eigenvalue weighted by molar-refractivity contribution is 0.00578. The maximum atomic E-state index is 6.05. The van der Waals surface area contributed by atoms with E-state index in [0.717, 1.165) is 16.8 Å². The Hall–Kier alpha value is -0.965. The van der Waals surface area contributed by atoms with Crippen molar-refractivity contribution >= 4 is 24.2 Å². The van der Waals surface area contributed by atoms with Gasteiger partial charge in [-0.25, -0.2) is 0 Å². The van der Waals surface area contributed by atoms with Crippen LogP contribution in [0.25, 0.3) is 0 Å². The molecule has 1 saturated heterocycles. The Morgan fingerprint density at radius 1 is 1.19 bits per heavy atom. The van der Waals surface area contributed by atoms with Crippen LogP contribution < -0.4 is 10.2 Å². The van der Waals surface area contributed by atoms with Crippen LogP contribution in [0.5, 0.6) is 5.75 Å². The molecule has 1 aliphatic rings. The Morgan fingerprint density at radius 2 is 1.81 bits per heavy atom. The number of benzene rings is 1. The largest absolute Gasteiger partial charge is 0.494 e. The van der Waals surface area contributed by atoms with Crippen molar-refractivity contribution in [1.82, 2.24) is 0 Å². The summed E-state index contributed by atoms with van der Waals surface area (Å²) in [6.45, 7) is 10.7. The number of ether oxygens (including phenoxy) is 1. The minimum Gasteiger partial charge on any atom is -0.489 e. The van der Waals surface area contributed by atoms with Crippen LogP contribution in [0.1, 0.15) is 33.3 Å². The maximum absolute atomic E-state index is 6.05. The van der Waals surface area contributed by atoms with Gasteiger partial charge in [-0.15, -0.1) is 0 Å². The van der Waals surface area contributed by atoms with Gasteiger partial charge in [0.2, 0.25) is 0 Å². The second kappa shape index (κ2) is 6.03. The molecule has 0 amide bonds. The Labute approximate surface area is 132 Å².